The van der Waals surface area contributed by atoms with Crippen LogP contribution in [0.4, 0.5) is 0 Å². The van der Waals surface area contributed by atoms with Crippen LogP contribution in [0.2, 0.25) is 0 Å². The molecule has 3 aromatic carbocycles. The third-order valence-electron chi connectivity index (χ3n) is 5.24. The molecule has 0 aliphatic carbocycles. The maximum absolute atomic E-state index is 10.9. The Labute approximate surface area is 166 Å². The maximum atomic E-state index is 10.9. The van der Waals surface area contributed by atoms with E-state index in [1.54, 1.807) is 19.2 Å². The normalized spacial score (nSPS) is 27.3. The van der Waals surface area contributed by atoms with E-state index in [0.717, 1.165) is 16.2 Å². The fraction of sp³-hybridized carbons (Fsp3) is 0.333. The Kier molecular flexibility index (Phi) is 5.20. The molecule has 0 amide bonds. The molecule has 5 atom stereocenters. The average Bonchev–Trinajstić information content (AvgIpc) is 2.74. The molecular formula is C21H22O8. The molecule has 1 saturated heterocycles. The summed E-state index contributed by atoms with van der Waals surface area (Å²) in [6.07, 6.45) is -7.13. The lowest BCUT2D eigenvalue weighted by Gasteiger charge is -2.39. The predicted molar refractivity (Wildman–Crippen MR) is 104 cm³/mol. The number of benzene rings is 3. The number of methoxy groups -OCH3 is 1. The molecular weight excluding hydrogens is 380 g/mol. The Hall–Kier alpha value is -2.62. The van der Waals surface area contributed by atoms with Crippen molar-refractivity contribution in [3.63, 3.8) is 0 Å². The van der Waals surface area contributed by atoms with Crippen LogP contribution < -0.4 is 9.47 Å². The van der Waals surface area contributed by atoms with Crippen LogP contribution >= 0.6 is 0 Å². The van der Waals surface area contributed by atoms with Crippen molar-refractivity contribution in [2.45, 2.75) is 30.7 Å². The summed E-state index contributed by atoms with van der Waals surface area (Å²) in [5.74, 6) is 0.486. The quantitative estimate of drug-likeness (QED) is 0.407. The van der Waals surface area contributed by atoms with Gasteiger partial charge in [-0.3, -0.25) is 0 Å². The topological polar surface area (TPSA) is 129 Å². The number of phenols is 1. The molecule has 1 heterocycles. The van der Waals surface area contributed by atoms with Gasteiger partial charge in [0.05, 0.1) is 13.7 Å². The van der Waals surface area contributed by atoms with Gasteiger partial charge in [0.15, 0.2) is 11.5 Å². The van der Waals surface area contributed by atoms with Gasteiger partial charge < -0.3 is 39.7 Å². The van der Waals surface area contributed by atoms with Crippen molar-refractivity contribution in [1.29, 1.82) is 0 Å². The molecule has 8 heteroatoms. The largest absolute Gasteiger partial charge is 0.504 e. The zero-order valence-corrected chi connectivity index (χ0v) is 15.6. The predicted octanol–water partition coefficient (Wildman–Crippen LogP) is 0.886. The molecule has 0 unspecified atom stereocenters. The summed E-state index contributed by atoms with van der Waals surface area (Å²) in [6, 6.07) is 12.5. The smallest absolute Gasteiger partial charge is 0.229 e. The van der Waals surface area contributed by atoms with Gasteiger partial charge in [-0.15, -0.1) is 0 Å². The standard InChI is InChI=1S/C21H22O8/c1-27-12-6-4-10-2-3-11-5-7-14(17(23)16(11)13(10)8-12)28-21-20(26)19(25)18(24)15(9-22)29-21/h2-8,15,18-26H,9H2,1H3/t15-,18-,19+,20-,21-/m1/s1. The fourth-order valence-corrected chi connectivity index (χ4v) is 3.60. The van der Waals surface area contributed by atoms with Crippen LogP contribution in [0.3, 0.4) is 0 Å². The zero-order chi connectivity index (χ0) is 20.7. The van der Waals surface area contributed by atoms with E-state index in [-0.39, 0.29) is 11.5 Å². The lowest BCUT2D eigenvalue weighted by molar-refractivity contribution is -0.277. The SMILES string of the molecule is COc1ccc2ccc3ccc(O[C@@H]4O[C@H](CO)[C@@H](O)[C@H](O)[C@H]4O)c(O)c3c2c1. The van der Waals surface area contributed by atoms with Crippen LogP contribution in [0.1, 0.15) is 0 Å². The van der Waals surface area contributed by atoms with Crippen LogP contribution in [0, 0.1) is 0 Å². The number of ether oxygens (including phenoxy) is 3. The van der Waals surface area contributed by atoms with Gasteiger partial charge in [0.25, 0.3) is 0 Å². The summed E-state index contributed by atoms with van der Waals surface area (Å²) < 4.78 is 16.3. The van der Waals surface area contributed by atoms with Crippen molar-refractivity contribution >= 4 is 21.5 Å². The minimum absolute atomic E-state index is 0.0251. The Balaban J connectivity index is 1.76. The summed E-state index contributed by atoms with van der Waals surface area (Å²) in [7, 11) is 1.56. The van der Waals surface area contributed by atoms with E-state index in [1.165, 1.54) is 6.07 Å². The van der Waals surface area contributed by atoms with Crippen molar-refractivity contribution in [2.24, 2.45) is 0 Å². The highest BCUT2D eigenvalue weighted by atomic mass is 16.7. The molecule has 154 valence electrons. The second-order valence-electron chi connectivity index (χ2n) is 6.98. The first-order chi connectivity index (χ1) is 13.9. The maximum Gasteiger partial charge on any atom is 0.229 e. The van der Waals surface area contributed by atoms with E-state index < -0.39 is 37.3 Å². The fourth-order valence-electron chi connectivity index (χ4n) is 3.60. The Morgan fingerprint density at radius 3 is 2.34 bits per heavy atom. The monoisotopic (exact) mass is 402 g/mol. The molecule has 0 bridgehead atoms. The number of phenolic OH excluding ortho intramolecular Hbond substituents is 1. The second kappa shape index (κ2) is 7.66. The van der Waals surface area contributed by atoms with Gasteiger partial charge in [0.2, 0.25) is 6.29 Å². The molecule has 0 saturated carbocycles. The first-order valence-electron chi connectivity index (χ1n) is 9.14. The van der Waals surface area contributed by atoms with Gasteiger partial charge in [-0.1, -0.05) is 24.3 Å². The summed E-state index contributed by atoms with van der Waals surface area (Å²) in [6.45, 7) is -0.570. The highest BCUT2D eigenvalue weighted by molar-refractivity contribution is 6.11. The minimum Gasteiger partial charge on any atom is -0.504 e. The molecule has 4 rings (SSSR count). The van der Waals surface area contributed by atoms with Crippen molar-refractivity contribution < 1.29 is 39.7 Å². The molecule has 0 radical (unpaired) electrons. The molecule has 5 N–H and O–H groups in total. The number of hydrogen-bond acceptors (Lipinski definition) is 8. The number of aliphatic hydroxyl groups excluding tert-OH is 4. The molecule has 29 heavy (non-hydrogen) atoms. The van der Waals surface area contributed by atoms with E-state index in [0.29, 0.717) is 11.1 Å². The van der Waals surface area contributed by atoms with Crippen LogP contribution in [0.5, 0.6) is 17.2 Å². The van der Waals surface area contributed by atoms with E-state index in [2.05, 4.69) is 0 Å². The third-order valence-corrected chi connectivity index (χ3v) is 5.24. The molecule has 0 aromatic heterocycles. The van der Waals surface area contributed by atoms with Crippen LogP contribution in [-0.2, 0) is 4.74 Å². The zero-order valence-electron chi connectivity index (χ0n) is 15.6. The van der Waals surface area contributed by atoms with Gasteiger partial charge in [0, 0.05) is 5.39 Å². The van der Waals surface area contributed by atoms with Crippen molar-refractivity contribution in [3.05, 3.63) is 42.5 Å². The number of rotatable bonds is 4. The van der Waals surface area contributed by atoms with Crippen molar-refractivity contribution in [1.82, 2.24) is 0 Å². The van der Waals surface area contributed by atoms with E-state index in [4.69, 9.17) is 14.2 Å². The van der Waals surface area contributed by atoms with Crippen LogP contribution in [0.25, 0.3) is 21.5 Å². The van der Waals surface area contributed by atoms with Gasteiger partial charge in [-0.2, -0.15) is 0 Å². The molecule has 3 aromatic rings. The number of aromatic hydroxyl groups is 1. The van der Waals surface area contributed by atoms with Gasteiger partial charge >= 0.3 is 0 Å². The first kappa shape index (κ1) is 19.7. The Morgan fingerprint density at radius 1 is 0.931 bits per heavy atom. The third kappa shape index (κ3) is 3.35. The molecule has 1 fully saturated rings. The Morgan fingerprint density at radius 2 is 1.62 bits per heavy atom. The highest BCUT2D eigenvalue weighted by Crippen LogP contribution is 2.41. The van der Waals surface area contributed by atoms with Crippen molar-refractivity contribution in [3.8, 4) is 17.2 Å². The minimum atomic E-state index is -1.57. The van der Waals surface area contributed by atoms with Gasteiger partial charge in [-0.05, 0) is 34.4 Å². The van der Waals surface area contributed by atoms with E-state index in [9.17, 15) is 25.5 Å². The lowest BCUT2D eigenvalue weighted by Crippen LogP contribution is -2.60. The second-order valence-corrected chi connectivity index (χ2v) is 6.98. The lowest BCUT2D eigenvalue weighted by atomic mass is 9.99. The van der Waals surface area contributed by atoms with Crippen molar-refractivity contribution in [2.75, 3.05) is 13.7 Å². The highest BCUT2D eigenvalue weighted by Gasteiger charge is 2.45. The van der Waals surface area contributed by atoms with Gasteiger partial charge in [0.1, 0.15) is 30.2 Å². The van der Waals surface area contributed by atoms with Crippen LogP contribution in [0.15, 0.2) is 42.5 Å². The van der Waals surface area contributed by atoms with Crippen LogP contribution in [-0.4, -0.2) is 70.0 Å². The first-order valence-corrected chi connectivity index (χ1v) is 9.14. The summed E-state index contributed by atoms with van der Waals surface area (Å²) in [5.41, 5.74) is 0. The summed E-state index contributed by atoms with van der Waals surface area (Å²) >= 11 is 0. The molecule has 1 aliphatic rings. The summed E-state index contributed by atoms with van der Waals surface area (Å²) in [4.78, 5) is 0. The van der Waals surface area contributed by atoms with E-state index in [1.807, 2.05) is 24.3 Å². The van der Waals surface area contributed by atoms with Gasteiger partial charge in [-0.25, -0.2) is 0 Å². The number of aliphatic hydroxyl groups is 4. The number of hydrogen-bond donors (Lipinski definition) is 5. The molecule has 0 spiro atoms. The summed E-state index contributed by atoms with van der Waals surface area (Å²) in [5, 5.41) is 53.2. The molecule has 8 nitrogen and oxygen atoms in total. The number of fused-ring (bicyclic) bond motifs is 3. The molecule has 1 aliphatic heterocycles. The van der Waals surface area contributed by atoms with E-state index >= 15 is 0 Å². The average molecular weight is 402 g/mol. The Bertz CT molecular complexity index is 1030.